The highest BCUT2D eigenvalue weighted by Crippen LogP contribution is 2.35. The van der Waals surface area contributed by atoms with Crippen LogP contribution in [0.5, 0.6) is 11.5 Å². The van der Waals surface area contributed by atoms with Gasteiger partial charge in [-0.05, 0) is 42.2 Å². The maximum atomic E-state index is 12.3. The lowest BCUT2D eigenvalue weighted by Crippen LogP contribution is -2.29. The average Bonchev–Trinajstić information content (AvgIpc) is 3.13. The minimum absolute atomic E-state index is 0.00756. The zero-order valence-electron chi connectivity index (χ0n) is 17.6. The maximum Gasteiger partial charge on any atom is 0.220 e. The van der Waals surface area contributed by atoms with Gasteiger partial charge in [0.15, 0.2) is 11.5 Å². The molecule has 0 saturated carbocycles. The van der Waals surface area contributed by atoms with Crippen molar-refractivity contribution in [3.63, 3.8) is 0 Å². The lowest BCUT2D eigenvalue weighted by atomic mass is 9.90. The molecule has 1 heterocycles. The van der Waals surface area contributed by atoms with Gasteiger partial charge < -0.3 is 19.8 Å². The van der Waals surface area contributed by atoms with Gasteiger partial charge in [0, 0.05) is 36.0 Å². The van der Waals surface area contributed by atoms with Crippen molar-refractivity contribution in [3.05, 3.63) is 59.8 Å². The molecule has 1 unspecified atom stereocenters. The molecule has 0 aliphatic carbocycles. The van der Waals surface area contributed by atoms with Gasteiger partial charge in [-0.15, -0.1) is 0 Å². The number of hydrogen-bond donors (Lipinski definition) is 2. The Labute approximate surface area is 172 Å². The molecule has 0 bridgehead atoms. The molecule has 1 aromatic heterocycles. The van der Waals surface area contributed by atoms with Gasteiger partial charge in [0.05, 0.1) is 13.7 Å². The van der Waals surface area contributed by atoms with Crippen LogP contribution in [0.15, 0.2) is 48.7 Å². The summed E-state index contributed by atoms with van der Waals surface area (Å²) >= 11 is 0. The summed E-state index contributed by atoms with van der Waals surface area (Å²) in [4.78, 5) is 15.7. The van der Waals surface area contributed by atoms with E-state index in [4.69, 9.17) is 9.47 Å². The summed E-state index contributed by atoms with van der Waals surface area (Å²) in [5, 5.41) is 4.27. The Balaban J connectivity index is 1.97. The van der Waals surface area contributed by atoms with Gasteiger partial charge in [-0.1, -0.05) is 38.1 Å². The van der Waals surface area contributed by atoms with Gasteiger partial charge in [-0.25, -0.2) is 0 Å². The van der Waals surface area contributed by atoms with Gasteiger partial charge in [0.2, 0.25) is 5.91 Å². The Bertz CT molecular complexity index is 962. The molecule has 1 amide bonds. The van der Waals surface area contributed by atoms with E-state index >= 15 is 0 Å². The fraction of sp³-hybridized carbons (Fsp3) is 0.375. The summed E-state index contributed by atoms with van der Waals surface area (Å²) < 4.78 is 11.2. The van der Waals surface area contributed by atoms with Crippen LogP contribution >= 0.6 is 0 Å². The molecular weight excluding hydrogens is 364 g/mol. The molecule has 3 rings (SSSR count). The van der Waals surface area contributed by atoms with Crippen molar-refractivity contribution in [2.75, 3.05) is 20.3 Å². The van der Waals surface area contributed by atoms with E-state index in [1.165, 1.54) is 0 Å². The fourth-order valence-electron chi connectivity index (χ4n) is 3.62. The number of aromatic nitrogens is 1. The first-order chi connectivity index (χ1) is 14.0. The molecule has 0 saturated heterocycles. The molecule has 0 radical (unpaired) electrons. The molecule has 1 atom stereocenters. The number of carbonyl (C=O) groups is 1. The Hall–Kier alpha value is -2.95. The van der Waals surface area contributed by atoms with E-state index in [1.54, 1.807) is 7.11 Å². The van der Waals surface area contributed by atoms with Crippen molar-refractivity contribution in [2.45, 2.75) is 33.1 Å². The Morgan fingerprint density at radius 1 is 1.14 bits per heavy atom. The van der Waals surface area contributed by atoms with Crippen molar-refractivity contribution < 1.29 is 14.3 Å². The Morgan fingerprint density at radius 2 is 1.93 bits per heavy atom. The Morgan fingerprint density at radius 3 is 2.66 bits per heavy atom. The molecule has 5 nitrogen and oxygen atoms in total. The number of aromatic amines is 1. The fourth-order valence-corrected chi connectivity index (χ4v) is 3.62. The summed E-state index contributed by atoms with van der Waals surface area (Å²) in [5.74, 6) is 1.81. The number of rotatable bonds is 9. The smallest absolute Gasteiger partial charge is 0.220 e. The highest BCUT2D eigenvalue weighted by atomic mass is 16.5. The van der Waals surface area contributed by atoms with E-state index in [1.807, 2.05) is 51.2 Å². The molecule has 0 aliphatic rings. The summed E-state index contributed by atoms with van der Waals surface area (Å²) in [5.41, 5.74) is 3.30. The SMILES string of the molecule is CCOc1ccc(C(CNC(=O)CC(C)C)c2c[nH]c3ccccc23)cc1OC. The van der Waals surface area contributed by atoms with Crippen LogP contribution < -0.4 is 14.8 Å². The number of ether oxygens (including phenoxy) is 2. The predicted octanol–water partition coefficient (Wildman–Crippen LogP) is 4.87. The summed E-state index contributed by atoms with van der Waals surface area (Å²) in [6.07, 6.45) is 2.56. The lowest BCUT2D eigenvalue weighted by molar-refractivity contribution is -0.121. The van der Waals surface area contributed by atoms with Crippen LogP contribution in [-0.4, -0.2) is 31.2 Å². The minimum Gasteiger partial charge on any atom is -0.493 e. The molecule has 29 heavy (non-hydrogen) atoms. The highest BCUT2D eigenvalue weighted by molar-refractivity contribution is 5.84. The van der Waals surface area contributed by atoms with Gasteiger partial charge in [-0.3, -0.25) is 4.79 Å². The number of benzene rings is 2. The van der Waals surface area contributed by atoms with Crippen molar-refractivity contribution in [1.82, 2.24) is 10.3 Å². The number of H-pyrrole nitrogens is 1. The zero-order chi connectivity index (χ0) is 20.8. The van der Waals surface area contributed by atoms with Gasteiger partial charge in [-0.2, -0.15) is 0 Å². The predicted molar refractivity (Wildman–Crippen MR) is 117 cm³/mol. The molecule has 5 heteroatoms. The third-order valence-corrected chi connectivity index (χ3v) is 4.98. The van der Waals surface area contributed by atoms with E-state index in [0.29, 0.717) is 31.2 Å². The first-order valence-corrected chi connectivity index (χ1v) is 10.2. The second-order valence-corrected chi connectivity index (χ2v) is 7.59. The standard InChI is InChI=1S/C24H30N2O3/c1-5-29-22-11-10-17(13-23(22)28-4)19(14-26-24(27)12-16(2)3)20-15-25-21-9-7-6-8-18(20)21/h6-11,13,15-16,19,25H,5,12,14H2,1-4H3,(H,26,27). The molecule has 2 aromatic carbocycles. The molecule has 0 fully saturated rings. The van der Waals surface area contributed by atoms with Crippen LogP contribution in [0, 0.1) is 5.92 Å². The van der Waals surface area contributed by atoms with E-state index < -0.39 is 0 Å². The monoisotopic (exact) mass is 394 g/mol. The van der Waals surface area contributed by atoms with Crippen LogP contribution in [-0.2, 0) is 4.79 Å². The molecule has 154 valence electrons. The van der Waals surface area contributed by atoms with E-state index in [0.717, 1.165) is 27.8 Å². The number of nitrogens with one attached hydrogen (secondary N) is 2. The van der Waals surface area contributed by atoms with E-state index in [2.05, 4.69) is 28.5 Å². The number of para-hydroxylation sites is 1. The highest BCUT2D eigenvalue weighted by Gasteiger charge is 2.21. The molecule has 0 aliphatic heterocycles. The largest absolute Gasteiger partial charge is 0.493 e. The number of fused-ring (bicyclic) bond motifs is 1. The molecule has 2 N–H and O–H groups in total. The first-order valence-electron chi connectivity index (χ1n) is 10.2. The minimum atomic E-state index is -0.00756. The zero-order valence-corrected chi connectivity index (χ0v) is 17.6. The van der Waals surface area contributed by atoms with Gasteiger partial charge >= 0.3 is 0 Å². The third kappa shape index (κ3) is 4.91. The Kier molecular flexibility index (Phi) is 6.81. The summed E-state index contributed by atoms with van der Waals surface area (Å²) in [6, 6.07) is 14.2. The van der Waals surface area contributed by atoms with Crippen molar-refractivity contribution in [3.8, 4) is 11.5 Å². The number of carbonyl (C=O) groups excluding carboxylic acids is 1. The molecule has 3 aromatic rings. The van der Waals surface area contributed by atoms with Crippen LogP contribution in [0.25, 0.3) is 10.9 Å². The van der Waals surface area contributed by atoms with E-state index in [9.17, 15) is 4.79 Å². The second kappa shape index (κ2) is 9.50. The first kappa shape index (κ1) is 20.8. The number of hydrogen-bond acceptors (Lipinski definition) is 3. The van der Waals surface area contributed by atoms with Gasteiger partial charge in [0.1, 0.15) is 0 Å². The van der Waals surface area contributed by atoms with Crippen molar-refractivity contribution in [2.24, 2.45) is 5.92 Å². The molecular formula is C24H30N2O3. The van der Waals surface area contributed by atoms with Crippen LogP contribution in [0.3, 0.4) is 0 Å². The summed E-state index contributed by atoms with van der Waals surface area (Å²) in [6.45, 7) is 7.14. The van der Waals surface area contributed by atoms with Gasteiger partial charge in [0.25, 0.3) is 0 Å². The van der Waals surface area contributed by atoms with E-state index in [-0.39, 0.29) is 11.8 Å². The van der Waals surface area contributed by atoms with Crippen LogP contribution in [0.1, 0.15) is 44.2 Å². The number of methoxy groups -OCH3 is 1. The van der Waals surface area contributed by atoms with Crippen molar-refractivity contribution >= 4 is 16.8 Å². The maximum absolute atomic E-state index is 12.3. The average molecular weight is 395 g/mol. The number of amides is 1. The topological polar surface area (TPSA) is 63.3 Å². The molecule has 0 spiro atoms. The van der Waals surface area contributed by atoms with Crippen molar-refractivity contribution in [1.29, 1.82) is 0 Å². The lowest BCUT2D eigenvalue weighted by Gasteiger charge is -2.20. The summed E-state index contributed by atoms with van der Waals surface area (Å²) in [7, 11) is 1.65. The van der Waals surface area contributed by atoms with Crippen LogP contribution in [0.2, 0.25) is 0 Å². The van der Waals surface area contributed by atoms with Crippen LogP contribution in [0.4, 0.5) is 0 Å². The second-order valence-electron chi connectivity index (χ2n) is 7.59. The third-order valence-electron chi connectivity index (χ3n) is 4.98. The normalized spacial score (nSPS) is 12.2. The quantitative estimate of drug-likeness (QED) is 0.544.